The number of carbonyl (C=O) groups is 3. The van der Waals surface area contributed by atoms with E-state index in [1.807, 2.05) is 5.32 Å². The van der Waals surface area contributed by atoms with Gasteiger partial charge in [-0.25, -0.2) is 9.48 Å². The first kappa shape index (κ1) is 16.1. The fraction of sp³-hybridized carbons (Fsp3) is 0. The smallest absolute Gasteiger partial charge is 0.337 e. The van der Waals surface area contributed by atoms with Crippen molar-refractivity contribution in [2.24, 2.45) is 0 Å². The Kier molecular flexibility index (Phi) is 3.34. The van der Waals surface area contributed by atoms with Gasteiger partial charge in [-0.05, 0) is 28.6 Å². The minimum absolute atomic E-state index is 0.104. The molecule has 4 rings (SSSR count). The molecule has 0 bridgehead atoms. The molecule has 12 nitrogen and oxygen atoms in total. The first-order valence-electron chi connectivity index (χ1n) is 7.40. The largest absolute Gasteiger partial charge is 0.478 e. The highest BCUT2D eigenvalue weighted by Gasteiger charge is 2.32. The molecule has 1 aliphatic rings. The fourth-order valence-electron chi connectivity index (χ4n) is 2.84. The SMILES string of the molecule is Nc1c2c(cc(=O)n1-c1cc(-n3cnnn3)ccc1C(=O)O)C(=O)NC2=O. The number of nitrogens with two attached hydrogens (primary N) is 1. The van der Waals surface area contributed by atoms with Gasteiger partial charge in [0.1, 0.15) is 12.1 Å². The molecule has 1 aromatic carbocycles. The molecule has 3 heterocycles. The monoisotopic (exact) mass is 367 g/mol. The molecular weight excluding hydrogens is 358 g/mol. The van der Waals surface area contributed by atoms with Gasteiger partial charge in [-0.1, -0.05) is 0 Å². The lowest BCUT2D eigenvalue weighted by atomic mass is 10.1. The third-order valence-corrected chi connectivity index (χ3v) is 4.02. The van der Waals surface area contributed by atoms with Crippen LogP contribution in [-0.4, -0.2) is 47.7 Å². The molecule has 0 aliphatic carbocycles. The summed E-state index contributed by atoms with van der Waals surface area (Å²) < 4.78 is 2.11. The van der Waals surface area contributed by atoms with E-state index in [0.29, 0.717) is 5.69 Å². The summed E-state index contributed by atoms with van der Waals surface area (Å²) in [6.07, 6.45) is 1.28. The van der Waals surface area contributed by atoms with E-state index >= 15 is 0 Å². The molecule has 134 valence electrons. The zero-order valence-electron chi connectivity index (χ0n) is 13.3. The fourth-order valence-corrected chi connectivity index (χ4v) is 2.84. The molecule has 0 radical (unpaired) electrons. The van der Waals surface area contributed by atoms with Gasteiger partial charge >= 0.3 is 5.97 Å². The third kappa shape index (κ3) is 2.35. The molecule has 2 aromatic heterocycles. The second-order valence-electron chi connectivity index (χ2n) is 5.54. The van der Waals surface area contributed by atoms with Gasteiger partial charge in [-0.2, -0.15) is 0 Å². The Bertz CT molecular complexity index is 1200. The summed E-state index contributed by atoms with van der Waals surface area (Å²) in [4.78, 5) is 48.0. The summed E-state index contributed by atoms with van der Waals surface area (Å²) in [5.74, 6) is -3.18. The number of imide groups is 1. The molecule has 0 unspecified atom stereocenters. The highest BCUT2D eigenvalue weighted by Crippen LogP contribution is 2.26. The van der Waals surface area contributed by atoms with Crippen LogP contribution < -0.4 is 16.6 Å². The minimum Gasteiger partial charge on any atom is -0.478 e. The van der Waals surface area contributed by atoms with Crippen LogP contribution in [0, 0.1) is 0 Å². The Morgan fingerprint density at radius 1 is 1.15 bits per heavy atom. The number of tetrazole rings is 1. The van der Waals surface area contributed by atoms with Crippen molar-refractivity contribution in [1.29, 1.82) is 0 Å². The van der Waals surface area contributed by atoms with Gasteiger partial charge in [-0.15, -0.1) is 5.10 Å². The van der Waals surface area contributed by atoms with E-state index in [-0.39, 0.29) is 28.2 Å². The highest BCUT2D eigenvalue weighted by atomic mass is 16.4. The normalized spacial score (nSPS) is 12.7. The van der Waals surface area contributed by atoms with E-state index in [1.54, 1.807) is 0 Å². The van der Waals surface area contributed by atoms with Gasteiger partial charge in [0.15, 0.2) is 0 Å². The van der Waals surface area contributed by atoms with Crippen LogP contribution >= 0.6 is 0 Å². The van der Waals surface area contributed by atoms with Crippen LogP contribution in [0.5, 0.6) is 0 Å². The predicted molar refractivity (Wildman–Crippen MR) is 87.9 cm³/mol. The van der Waals surface area contributed by atoms with Gasteiger partial charge < -0.3 is 10.8 Å². The summed E-state index contributed by atoms with van der Waals surface area (Å²) in [6.45, 7) is 0. The number of aromatic carboxylic acids is 1. The molecule has 27 heavy (non-hydrogen) atoms. The van der Waals surface area contributed by atoms with Crippen molar-refractivity contribution in [3.05, 3.63) is 57.6 Å². The molecule has 0 saturated carbocycles. The van der Waals surface area contributed by atoms with E-state index < -0.39 is 23.3 Å². The van der Waals surface area contributed by atoms with Gasteiger partial charge in [-0.3, -0.25) is 24.3 Å². The van der Waals surface area contributed by atoms with Crippen molar-refractivity contribution in [3.8, 4) is 11.4 Å². The Labute approximate surface area is 148 Å². The van der Waals surface area contributed by atoms with Crippen LogP contribution in [0.2, 0.25) is 0 Å². The Morgan fingerprint density at radius 2 is 1.93 bits per heavy atom. The predicted octanol–water partition coefficient (Wildman–Crippen LogP) is -1.02. The zero-order chi connectivity index (χ0) is 19.3. The maximum atomic E-state index is 12.6. The van der Waals surface area contributed by atoms with Crippen molar-refractivity contribution in [3.63, 3.8) is 0 Å². The average Bonchev–Trinajstić information content (AvgIpc) is 3.23. The lowest BCUT2D eigenvalue weighted by Gasteiger charge is -2.15. The Balaban J connectivity index is 2.04. The maximum Gasteiger partial charge on any atom is 0.337 e. The highest BCUT2D eigenvalue weighted by molar-refractivity contribution is 6.23. The first-order chi connectivity index (χ1) is 12.9. The number of pyridine rings is 1. The number of nitrogens with zero attached hydrogens (tertiary/aromatic N) is 5. The zero-order valence-corrected chi connectivity index (χ0v) is 13.3. The minimum atomic E-state index is -1.32. The molecule has 3 aromatic rings. The number of carboxylic acids is 1. The third-order valence-electron chi connectivity index (χ3n) is 4.02. The van der Waals surface area contributed by atoms with Gasteiger partial charge in [0, 0.05) is 6.07 Å². The van der Waals surface area contributed by atoms with Crippen LogP contribution in [0.4, 0.5) is 5.82 Å². The summed E-state index contributed by atoms with van der Waals surface area (Å²) in [5.41, 5.74) is 4.85. The number of amides is 2. The van der Waals surface area contributed by atoms with E-state index in [2.05, 4.69) is 15.5 Å². The average molecular weight is 367 g/mol. The standard InChI is InChI=1S/C15H9N7O5/c16-12-11-8(13(24)18-14(11)25)4-10(23)22(12)9-3-6(21-5-17-19-20-21)1-2-7(9)15(26)27/h1-5H,16H2,(H,26,27)(H,18,24,25). The van der Waals surface area contributed by atoms with Crippen LogP contribution in [0.3, 0.4) is 0 Å². The van der Waals surface area contributed by atoms with Crippen molar-refractivity contribution in [2.45, 2.75) is 0 Å². The van der Waals surface area contributed by atoms with Gasteiger partial charge in [0.25, 0.3) is 17.4 Å². The Morgan fingerprint density at radius 3 is 2.59 bits per heavy atom. The molecule has 1 aliphatic heterocycles. The number of rotatable bonds is 3. The van der Waals surface area contributed by atoms with E-state index in [1.165, 1.54) is 29.2 Å². The number of nitrogens with one attached hydrogen (secondary N) is 1. The molecule has 0 atom stereocenters. The van der Waals surface area contributed by atoms with Crippen LogP contribution in [-0.2, 0) is 0 Å². The van der Waals surface area contributed by atoms with E-state index in [9.17, 15) is 24.3 Å². The number of carboxylic acid groups (broad SMARTS) is 1. The lowest BCUT2D eigenvalue weighted by Crippen LogP contribution is -2.25. The summed E-state index contributed by atoms with van der Waals surface area (Å²) in [7, 11) is 0. The number of fused-ring (bicyclic) bond motifs is 1. The summed E-state index contributed by atoms with van der Waals surface area (Å²) in [6, 6.07) is 4.95. The number of nitrogen functional groups attached to an aromatic ring is 1. The molecule has 0 saturated heterocycles. The number of benzene rings is 1. The lowest BCUT2D eigenvalue weighted by molar-refractivity contribution is 0.0696. The quantitative estimate of drug-likeness (QED) is 0.489. The summed E-state index contributed by atoms with van der Waals surface area (Å²) >= 11 is 0. The van der Waals surface area contributed by atoms with Gasteiger partial charge in [0.05, 0.1) is 28.1 Å². The first-order valence-corrected chi connectivity index (χ1v) is 7.40. The molecule has 2 amide bonds. The van der Waals surface area contributed by atoms with Crippen molar-refractivity contribution >= 4 is 23.6 Å². The number of hydrogen-bond donors (Lipinski definition) is 3. The molecule has 12 heteroatoms. The van der Waals surface area contributed by atoms with Crippen molar-refractivity contribution < 1.29 is 19.5 Å². The molecular formula is C15H9N7O5. The van der Waals surface area contributed by atoms with E-state index in [4.69, 9.17) is 5.73 Å². The van der Waals surface area contributed by atoms with Crippen LogP contribution in [0.15, 0.2) is 35.4 Å². The van der Waals surface area contributed by atoms with Crippen LogP contribution in [0.25, 0.3) is 11.4 Å². The summed E-state index contributed by atoms with van der Waals surface area (Å²) in [5, 5.41) is 22.2. The molecule has 0 spiro atoms. The van der Waals surface area contributed by atoms with Crippen LogP contribution in [0.1, 0.15) is 31.1 Å². The van der Waals surface area contributed by atoms with Crippen molar-refractivity contribution in [2.75, 3.05) is 5.73 Å². The topological polar surface area (TPSA) is 175 Å². The number of hydrogen-bond acceptors (Lipinski definition) is 8. The number of anilines is 1. The Hall–Kier alpha value is -4.35. The second-order valence-corrected chi connectivity index (χ2v) is 5.54. The molecule has 4 N–H and O–H groups in total. The van der Waals surface area contributed by atoms with E-state index in [0.717, 1.165) is 10.6 Å². The molecule has 0 fully saturated rings. The maximum absolute atomic E-state index is 12.6. The second kappa shape index (κ2) is 5.59. The van der Waals surface area contributed by atoms with Crippen molar-refractivity contribution in [1.82, 2.24) is 30.1 Å². The van der Waals surface area contributed by atoms with Gasteiger partial charge in [0.2, 0.25) is 0 Å². The number of aromatic nitrogens is 5. The number of carbonyl (C=O) groups excluding carboxylic acids is 2.